The molecule has 172 valence electrons. The van der Waals surface area contributed by atoms with Gasteiger partial charge in [-0.15, -0.1) is 0 Å². The van der Waals surface area contributed by atoms with Crippen LogP contribution in [-0.2, 0) is 21.2 Å². The molecule has 0 bridgehead atoms. The van der Waals surface area contributed by atoms with Crippen molar-refractivity contribution in [3.05, 3.63) is 71.3 Å². The van der Waals surface area contributed by atoms with Crippen LogP contribution in [0.25, 0.3) is 0 Å². The fourth-order valence-corrected chi connectivity index (χ4v) is 5.33. The number of carbonyl (C=O) groups excluding carboxylic acids is 1. The van der Waals surface area contributed by atoms with Crippen molar-refractivity contribution in [3.63, 3.8) is 0 Å². The summed E-state index contributed by atoms with van der Waals surface area (Å²) in [6, 6.07) is 13.4. The molecule has 0 saturated heterocycles. The van der Waals surface area contributed by atoms with Crippen molar-refractivity contribution in [3.8, 4) is 5.75 Å². The van der Waals surface area contributed by atoms with E-state index in [9.17, 15) is 13.2 Å². The van der Waals surface area contributed by atoms with Crippen LogP contribution in [0.5, 0.6) is 5.75 Å². The Morgan fingerprint density at radius 1 is 1.12 bits per heavy atom. The zero-order chi connectivity index (χ0) is 23.0. The van der Waals surface area contributed by atoms with Gasteiger partial charge in [-0.1, -0.05) is 48.0 Å². The maximum atomic E-state index is 13.2. The van der Waals surface area contributed by atoms with Crippen molar-refractivity contribution in [2.24, 2.45) is 0 Å². The zero-order valence-corrected chi connectivity index (χ0v) is 19.6. The van der Waals surface area contributed by atoms with E-state index >= 15 is 0 Å². The van der Waals surface area contributed by atoms with E-state index in [4.69, 9.17) is 4.74 Å². The van der Waals surface area contributed by atoms with E-state index in [2.05, 4.69) is 16.1 Å². The van der Waals surface area contributed by atoms with Crippen LogP contribution in [-0.4, -0.2) is 34.0 Å². The molecule has 0 aromatic heterocycles. The molecule has 0 heterocycles. The van der Waals surface area contributed by atoms with E-state index in [0.717, 1.165) is 30.4 Å². The lowest BCUT2D eigenvalue weighted by Crippen LogP contribution is -2.48. The third-order valence-corrected chi connectivity index (χ3v) is 7.13. The molecule has 1 aliphatic carbocycles. The second-order valence-corrected chi connectivity index (χ2v) is 9.85. The second-order valence-electron chi connectivity index (χ2n) is 8.17. The molecular formula is C25H32N2O4S. The minimum atomic E-state index is -3.98. The molecular weight excluding hydrogens is 424 g/mol. The van der Waals surface area contributed by atoms with Crippen molar-refractivity contribution >= 4 is 15.9 Å². The number of benzene rings is 2. The standard InChI is InChI=1S/C25H32N2O4S/c1-19-13-14-23(31-2)24(17-19)32(29,30)27-22(18-21-11-7-4-8-12-21)25(28)26-16-15-20-9-5-3-6-10-20/h4,7-9,11-14,17,22,27H,3,5-6,10,15-16,18H2,1-2H3,(H,26,28)/t22-/m0/s1. The lowest BCUT2D eigenvalue weighted by atomic mass is 9.97. The van der Waals surface area contributed by atoms with Gasteiger partial charge in [0.05, 0.1) is 7.11 Å². The Hall–Kier alpha value is -2.64. The van der Waals surface area contributed by atoms with Crippen LogP contribution < -0.4 is 14.8 Å². The molecule has 1 atom stereocenters. The molecule has 1 amide bonds. The number of sulfonamides is 1. The van der Waals surface area contributed by atoms with Gasteiger partial charge in [0.25, 0.3) is 0 Å². The Morgan fingerprint density at radius 2 is 1.91 bits per heavy atom. The van der Waals surface area contributed by atoms with Gasteiger partial charge in [0.2, 0.25) is 15.9 Å². The summed E-state index contributed by atoms with van der Waals surface area (Å²) in [5.74, 6) is -0.0911. The van der Waals surface area contributed by atoms with Crippen LogP contribution in [0.3, 0.4) is 0 Å². The van der Waals surface area contributed by atoms with Crippen LogP contribution in [0.15, 0.2) is 65.1 Å². The van der Waals surface area contributed by atoms with E-state index < -0.39 is 16.1 Å². The van der Waals surface area contributed by atoms with Crippen LogP contribution in [0.4, 0.5) is 0 Å². The minimum absolute atomic E-state index is 0.0261. The summed E-state index contributed by atoms with van der Waals surface area (Å²) in [5, 5.41) is 2.93. The predicted molar refractivity (Wildman–Crippen MR) is 126 cm³/mol. The molecule has 0 unspecified atom stereocenters. The van der Waals surface area contributed by atoms with Gasteiger partial charge in [0.1, 0.15) is 16.7 Å². The quantitative estimate of drug-likeness (QED) is 0.531. The smallest absolute Gasteiger partial charge is 0.244 e. The van der Waals surface area contributed by atoms with Crippen molar-refractivity contribution in [2.75, 3.05) is 13.7 Å². The fraction of sp³-hybridized carbons (Fsp3) is 0.400. The summed E-state index contributed by atoms with van der Waals surface area (Å²) in [4.78, 5) is 13.1. The summed E-state index contributed by atoms with van der Waals surface area (Å²) in [7, 11) is -2.55. The molecule has 0 spiro atoms. The number of nitrogens with one attached hydrogen (secondary N) is 2. The summed E-state index contributed by atoms with van der Waals surface area (Å²) in [6.45, 7) is 2.30. The normalized spacial score (nSPS) is 15.0. The first kappa shape index (κ1) is 24.0. The molecule has 0 radical (unpaired) electrons. The van der Waals surface area contributed by atoms with Crippen molar-refractivity contribution in [2.45, 2.75) is 56.4 Å². The monoisotopic (exact) mass is 456 g/mol. The SMILES string of the molecule is COc1ccc(C)cc1S(=O)(=O)N[C@@H](Cc1ccccc1)C(=O)NCCC1=CCCCC1. The molecule has 0 aliphatic heterocycles. The highest BCUT2D eigenvalue weighted by Crippen LogP contribution is 2.25. The minimum Gasteiger partial charge on any atom is -0.495 e. The second kappa shape index (κ2) is 11.3. The average molecular weight is 457 g/mol. The van der Waals surface area contributed by atoms with Crippen LogP contribution in [0.1, 0.15) is 43.2 Å². The Balaban J connectivity index is 1.76. The van der Waals surface area contributed by atoms with Gasteiger partial charge in [0.15, 0.2) is 0 Å². The van der Waals surface area contributed by atoms with E-state index in [1.807, 2.05) is 37.3 Å². The summed E-state index contributed by atoms with van der Waals surface area (Å²) >= 11 is 0. The lowest BCUT2D eigenvalue weighted by molar-refractivity contribution is -0.122. The first-order chi connectivity index (χ1) is 15.4. The molecule has 3 rings (SSSR count). The molecule has 2 aromatic carbocycles. The molecule has 0 fully saturated rings. The number of hydrogen-bond donors (Lipinski definition) is 2. The number of carbonyl (C=O) groups is 1. The highest BCUT2D eigenvalue weighted by atomic mass is 32.2. The van der Waals surface area contributed by atoms with E-state index in [-0.39, 0.29) is 23.0 Å². The molecule has 7 heteroatoms. The summed E-state index contributed by atoms with van der Waals surface area (Å²) in [5.41, 5.74) is 3.03. The lowest BCUT2D eigenvalue weighted by Gasteiger charge is -2.20. The number of ether oxygens (including phenoxy) is 1. The van der Waals surface area contributed by atoms with Gasteiger partial charge in [-0.05, 0) is 68.7 Å². The molecule has 1 aliphatic rings. The van der Waals surface area contributed by atoms with E-state index in [1.165, 1.54) is 25.5 Å². The Kier molecular flexibility index (Phi) is 8.47. The number of amides is 1. The third kappa shape index (κ3) is 6.68. The molecule has 2 aromatic rings. The number of methoxy groups -OCH3 is 1. The first-order valence-corrected chi connectivity index (χ1v) is 12.5. The highest BCUT2D eigenvalue weighted by Gasteiger charge is 2.28. The predicted octanol–water partition coefficient (Wildman–Crippen LogP) is 3.90. The van der Waals surface area contributed by atoms with Gasteiger partial charge >= 0.3 is 0 Å². The van der Waals surface area contributed by atoms with Crippen LogP contribution in [0, 0.1) is 6.92 Å². The number of hydrogen-bond acceptors (Lipinski definition) is 4. The number of rotatable bonds is 10. The molecule has 32 heavy (non-hydrogen) atoms. The van der Waals surface area contributed by atoms with Gasteiger partial charge in [0, 0.05) is 6.54 Å². The Bertz CT molecular complexity index is 1050. The first-order valence-electron chi connectivity index (χ1n) is 11.1. The fourth-order valence-electron chi connectivity index (χ4n) is 3.88. The topological polar surface area (TPSA) is 84.5 Å². The highest BCUT2D eigenvalue weighted by molar-refractivity contribution is 7.89. The van der Waals surface area contributed by atoms with E-state index in [1.54, 1.807) is 18.2 Å². The van der Waals surface area contributed by atoms with Crippen LogP contribution in [0.2, 0.25) is 0 Å². The van der Waals surface area contributed by atoms with Gasteiger partial charge < -0.3 is 10.1 Å². The van der Waals surface area contributed by atoms with Gasteiger partial charge in [-0.25, -0.2) is 8.42 Å². The Morgan fingerprint density at radius 3 is 2.59 bits per heavy atom. The average Bonchev–Trinajstić information content (AvgIpc) is 2.80. The Labute approximate surface area is 191 Å². The van der Waals surface area contributed by atoms with Crippen LogP contribution >= 0.6 is 0 Å². The van der Waals surface area contributed by atoms with Crippen molar-refractivity contribution < 1.29 is 17.9 Å². The van der Waals surface area contributed by atoms with Crippen molar-refractivity contribution in [1.29, 1.82) is 0 Å². The third-order valence-electron chi connectivity index (χ3n) is 5.64. The maximum absolute atomic E-state index is 13.2. The van der Waals surface area contributed by atoms with Gasteiger partial charge in [-0.3, -0.25) is 4.79 Å². The summed E-state index contributed by atoms with van der Waals surface area (Å²) < 4.78 is 34.3. The largest absolute Gasteiger partial charge is 0.495 e. The molecule has 6 nitrogen and oxygen atoms in total. The van der Waals surface area contributed by atoms with Crippen molar-refractivity contribution in [1.82, 2.24) is 10.0 Å². The molecule has 0 saturated carbocycles. The number of allylic oxidation sites excluding steroid dienone is 1. The van der Waals surface area contributed by atoms with E-state index in [0.29, 0.717) is 6.54 Å². The summed E-state index contributed by atoms with van der Waals surface area (Å²) in [6.07, 6.45) is 7.88. The maximum Gasteiger partial charge on any atom is 0.244 e. The van der Waals surface area contributed by atoms with Gasteiger partial charge in [-0.2, -0.15) is 4.72 Å². The molecule has 2 N–H and O–H groups in total. The zero-order valence-electron chi connectivity index (χ0n) is 18.8. The number of aryl methyl sites for hydroxylation is 1.